The van der Waals surface area contributed by atoms with Crippen LogP contribution in [0.25, 0.3) is 0 Å². The molecule has 0 rings (SSSR count). The van der Waals surface area contributed by atoms with Gasteiger partial charge in [0.15, 0.2) is 5.76 Å². The van der Waals surface area contributed by atoms with Gasteiger partial charge in [0, 0.05) is 14.2 Å². The Morgan fingerprint density at radius 3 is 1.81 bits per heavy atom. The first kappa shape index (κ1) is 23.2. The summed E-state index contributed by atoms with van der Waals surface area (Å²) in [7, 11) is -2.17. The van der Waals surface area contributed by atoms with Crippen LogP contribution in [0.5, 0.6) is 0 Å². The lowest BCUT2D eigenvalue weighted by molar-refractivity contribution is 0.202. The zero-order valence-corrected chi connectivity index (χ0v) is 15.3. The molecule has 0 fully saturated rings. The van der Waals surface area contributed by atoms with Crippen molar-refractivity contribution in [3.63, 3.8) is 0 Å². The van der Waals surface area contributed by atoms with Crippen LogP contribution in [-0.4, -0.2) is 64.4 Å². The molecule has 0 aliphatic carbocycles. The van der Waals surface area contributed by atoms with Crippen molar-refractivity contribution in [2.45, 2.75) is 6.92 Å². The van der Waals surface area contributed by atoms with Crippen LogP contribution in [-0.2, 0) is 30.0 Å². The first-order valence-electron chi connectivity index (χ1n) is 5.13. The van der Waals surface area contributed by atoms with E-state index in [9.17, 15) is 4.57 Å². The summed E-state index contributed by atoms with van der Waals surface area (Å²) >= 11 is -1.11. The molecule has 0 heterocycles. The second-order valence-corrected chi connectivity index (χ2v) is 7.60. The minimum atomic E-state index is -3.49. The number of phosphoric acid groups is 1. The van der Waals surface area contributed by atoms with Crippen LogP contribution in [0.3, 0.4) is 0 Å². The summed E-state index contributed by atoms with van der Waals surface area (Å²) < 4.78 is 46.4. The maximum Gasteiger partial charge on any atom is 0.783 e. The van der Waals surface area contributed by atoms with Crippen molar-refractivity contribution >= 4 is 37.3 Å². The number of hydrogen-bond donors (Lipinski definition) is 1. The molecule has 10 nitrogen and oxygen atoms in total. The van der Waals surface area contributed by atoms with Gasteiger partial charge in [0.25, 0.3) is 0 Å². The Morgan fingerprint density at radius 2 is 1.57 bits per heavy atom. The van der Waals surface area contributed by atoms with Gasteiger partial charge in [-0.05, 0) is 0 Å². The molecule has 0 unspecified atom stereocenters. The van der Waals surface area contributed by atoms with Crippen molar-refractivity contribution in [3.8, 4) is 0 Å². The fraction of sp³-hybridized carbons (Fsp3) is 0.625. The van der Waals surface area contributed by atoms with Gasteiger partial charge in [-0.15, -0.1) is 0 Å². The molecule has 0 saturated heterocycles. The molecule has 0 aliphatic heterocycles. The number of carbonyl (C=O) groups excluding carboxylic acids is 1. The summed E-state index contributed by atoms with van der Waals surface area (Å²) in [6.07, 6.45) is 0. The lowest BCUT2D eigenvalue weighted by Crippen LogP contribution is -2.08. The molecule has 0 aromatic rings. The highest BCUT2D eigenvalue weighted by molar-refractivity contribution is 7.49. The third-order valence-corrected chi connectivity index (χ3v) is 5.29. The van der Waals surface area contributed by atoms with E-state index in [0.29, 0.717) is 0 Å². The number of allylic oxidation sites excluding steroid dienone is 1. The summed E-state index contributed by atoms with van der Waals surface area (Å²) in [5, 5.41) is 0. The normalized spacial score (nSPS) is 11.1. The second kappa shape index (κ2) is 11.5. The summed E-state index contributed by atoms with van der Waals surface area (Å²) in [5.41, 5.74) is 0. The molecule has 21 heavy (non-hydrogen) atoms. The van der Waals surface area contributed by atoms with Crippen LogP contribution in [0.1, 0.15) is 6.92 Å². The minimum absolute atomic E-state index is 0.0641. The van der Waals surface area contributed by atoms with E-state index in [2.05, 4.69) is 24.7 Å². The SMILES string of the molecule is C=C([O][Al][O]P(=O)(OC)OC)C(C)=[OH+].COP(O)(=[OH+])OC. The van der Waals surface area contributed by atoms with Gasteiger partial charge in [0.2, 0.25) is 0 Å². The topological polar surface area (TPSA) is 135 Å². The molecule has 123 valence electrons. The first-order chi connectivity index (χ1) is 9.57. The van der Waals surface area contributed by atoms with Crippen molar-refractivity contribution in [2.75, 3.05) is 28.4 Å². The van der Waals surface area contributed by atoms with Crippen LogP contribution in [0.2, 0.25) is 0 Å². The monoisotopic (exact) mass is 365 g/mol. The number of phosphoric ester groups is 1. The molecule has 0 saturated carbocycles. The predicted molar refractivity (Wildman–Crippen MR) is 76.4 cm³/mol. The Bertz CT molecular complexity index is 409. The quantitative estimate of drug-likeness (QED) is 0.213. The van der Waals surface area contributed by atoms with Crippen molar-refractivity contribution in [1.29, 1.82) is 0 Å². The third-order valence-electron chi connectivity index (χ3n) is 1.69. The van der Waals surface area contributed by atoms with Gasteiger partial charge in [0.1, 0.15) is 0 Å². The van der Waals surface area contributed by atoms with E-state index in [1.807, 2.05) is 0 Å². The zero-order chi connectivity index (χ0) is 17.1. The summed E-state index contributed by atoms with van der Waals surface area (Å²) in [6.45, 7) is 4.80. The smallest absolute Gasteiger partial charge is 0.620 e. The van der Waals surface area contributed by atoms with E-state index in [1.165, 1.54) is 21.1 Å². The van der Waals surface area contributed by atoms with Crippen molar-refractivity contribution in [3.05, 3.63) is 12.3 Å². The standard InChI is InChI=1S/C4H6O2.2C2H7O4P.Al/c1-3(5)4(2)6;2*1-5-7(3,4)6-2;/h5H,1H2,2H3;2*1-2H3,(H,3,4);/q;;;+2. The number of hydrogen-bond acceptors (Lipinski definition) is 7. The summed E-state index contributed by atoms with van der Waals surface area (Å²) in [6, 6.07) is 0. The van der Waals surface area contributed by atoms with Crippen LogP contribution in [0.4, 0.5) is 0 Å². The molecular formula is C8H20AlO10P2+2. The van der Waals surface area contributed by atoms with E-state index < -0.39 is 31.5 Å². The lowest BCUT2D eigenvalue weighted by atomic mass is 10.4. The minimum Gasteiger partial charge on any atom is -0.620 e. The van der Waals surface area contributed by atoms with Crippen LogP contribution in [0, 0.1) is 0 Å². The molecule has 0 amide bonds. The largest absolute Gasteiger partial charge is 0.783 e. The Labute approximate surface area is 129 Å². The van der Waals surface area contributed by atoms with Gasteiger partial charge in [-0.1, -0.05) is 6.58 Å². The Kier molecular flexibility index (Phi) is 12.7. The molecule has 0 bridgehead atoms. The average molecular weight is 365 g/mol. The molecule has 3 N–H and O–H groups in total. The second-order valence-electron chi connectivity index (χ2n) is 3.00. The van der Waals surface area contributed by atoms with Gasteiger partial charge in [-0.25, -0.2) is 18.2 Å². The Morgan fingerprint density at radius 1 is 1.14 bits per heavy atom. The van der Waals surface area contributed by atoms with Crippen molar-refractivity contribution in [2.24, 2.45) is 0 Å². The molecule has 0 aromatic heterocycles. The fourth-order valence-electron chi connectivity index (χ4n) is 0.453. The third kappa shape index (κ3) is 12.2. The highest BCUT2D eigenvalue weighted by atomic mass is 31.2. The summed E-state index contributed by atoms with van der Waals surface area (Å²) in [4.78, 5) is 17.2. The predicted octanol–water partition coefficient (Wildman–Crippen LogP) is 1.35. The van der Waals surface area contributed by atoms with E-state index in [-0.39, 0.29) is 11.5 Å². The maximum absolute atomic E-state index is 11.3. The van der Waals surface area contributed by atoms with Gasteiger partial charge in [0.05, 0.1) is 21.1 Å². The van der Waals surface area contributed by atoms with Gasteiger partial charge >= 0.3 is 37.3 Å². The van der Waals surface area contributed by atoms with Gasteiger partial charge < -0.3 is 7.36 Å². The van der Waals surface area contributed by atoms with Crippen LogP contribution in [0.15, 0.2) is 12.3 Å². The van der Waals surface area contributed by atoms with Gasteiger partial charge in [-0.3, -0.25) is 18.7 Å². The van der Waals surface area contributed by atoms with E-state index in [4.69, 9.17) is 21.6 Å². The van der Waals surface area contributed by atoms with Gasteiger partial charge in [-0.2, -0.15) is 0 Å². The molecule has 0 aromatic carbocycles. The Balaban J connectivity index is 0. The lowest BCUT2D eigenvalue weighted by Gasteiger charge is -2.13. The van der Waals surface area contributed by atoms with Crippen LogP contribution >= 0.6 is 15.6 Å². The highest BCUT2D eigenvalue weighted by Crippen LogP contribution is 2.46. The molecule has 0 aliphatic rings. The zero-order valence-electron chi connectivity index (χ0n) is 12.4. The van der Waals surface area contributed by atoms with Crippen molar-refractivity contribution in [1.82, 2.24) is 0 Å². The molecular weight excluding hydrogens is 345 g/mol. The first-order valence-corrected chi connectivity index (χ1v) is 9.06. The maximum atomic E-state index is 11.3. The molecule has 1 radical (unpaired) electrons. The molecule has 0 atom stereocenters. The summed E-state index contributed by atoms with van der Waals surface area (Å²) in [5.74, 6) is 0.00419. The van der Waals surface area contributed by atoms with E-state index >= 15 is 0 Å². The molecule has 13 heteroatoms. The van der Waals surface area contributed by atoms with Crippen LogP contribution < -0.4 is 0 Å². The van der Waals surface area contributed by atoms with Crippen molar-refractivity contribution < 1.29 is 44.3 Å². The van der Waals surface area contributed by atoms with E-state index in [0.717, 1.165) is 14.2 Å². The fourth-order valence-corrected chi connectivity index (χ4v) is 2.32. The highest BCUT2D eigenvalue weighted by Gasteiger charge is 2.26. The molecule has 0 spiro atoms. The number of ketones is 1. The van der Waals surface area contributed by atoms with E-state index in [1.54, 1.807) is 0 Å². The average Bonchev–Trinajstić information content (AvgIpc) is 2.47. The Hall–Kier alpha value is -0.0375. The number of rotatable bonds is 9.